The third kappa shape index (κ3) is 3.66. The van der Waals surface area contributed by atoms with Crippen LogP contribution in [-0.2, 0) is 16.6 Å². The molecule has 3 heterocycles. The fraction of sp³-hybridized carbons (Fsp3) is 0.421. The molecular formula is C19H23N5O2S. The first-order valence-corrected chi connectivity index (χ1v) is 10.4. The van der Waals surface area contributed by atoms with Crippen molar-refractivity contribution in [2.24, 2.45) is 0 Å². The number of hydrogen-bond acceptors (Lipinski definition) is 6. The lowest BCUT2D eigenvalue weighted by Crippen LogP contribution is -2.31. The summed E-state index contributed by atoms with van der Waals surface area (Å²) in [5.41, 5.74) is 3.39. The van der Waals surface area contributed by atoms with Crippen molar-refractivity contribution in [1.29, 1.82) is 0 Å². The van der Waals surface area contributed by atoms with Crippen LogP contribution in [-0.4, -0.2) is 44.3 Å². The molecule has 4 rings (SSSR count). The Balaban J connectivity index is 1.57. The van der Waals surface area contributed by atoms with Crippen LogP contribution in [0.25, 0.3) is 11.0 Å². The summed E-state index contributed by atoms with van der Waals surface area (Å²) in [5.74, 6) is 2.01. The van der Waals surface area contributed by atoms with Gasteiger partial charge in [0.2, 0.25) is 0 Å². The standard InChI is InChI=1S/C19H23N5O2S/c1-13-17(20-12-21-18(13)24-8-4-3-5-9-24)11-27(25)19-22-15-7-6-14(26-2)10-16(15)23-19/h6-7,10,12H,3-5,8-9,11H2,1-2H3,(H,22,23). The number of rotatable bonds is 5. The fourth-order valence-electron chi connectivity index (χ4n) is 3.44. The predicted octanol–water partition coefficient (Wildman–Crippen LogP) is 2.97. The van der Waals surface area contributed by atoms with Crippen LogP contribution in [0.1, 0.15) is 30.5 Å². The fourth-order valence-corrected chi connectivity index (χ4v) is 4.54. The Hall–Kier alpha value is -2.48. The zero-order valence-corrected chi connectivity index (χ0v) is 16.4. The van der Waals surface area contributed by atoms with Crippen molar-refractivity contribution < 1.29 is 8.95 Å². The van der Waals surface area contributed by atoms with E-state index >= 15 is 0 Å². The quantitative estimate of drug-likeness (QED) is 0.727. The number of benzene rings is 1. The van der Waals surface area contributed by atoms with Crippen molar-refractivity contribution in [3.63, 3.8) is 0 Å². The van der Waals surface area contributed by atoms with Gasteiger partial charge in [-0.15, -0.1) is 0 Å². The van der Waals surface area contributed by atoms with Gasteiger partial charge in [-0.25, -0.2) is 15.0 Å². The molecule has 0 amide bonds. The Kier molecular flexibility index (Phi) is 5.07. The maximum atomic E-state index is 12.9. The number of aromatic amines is 1. The van der Waals surface area contributed by atoms with Crippen LogP contribution in [0.3, 0.4) is 0 Å². The van der Waals surface area contributed by atoms with Crippen LogP contribution < -0.4 is 9.64 Å². The van der Waals surface area contributed by atoms with E-state index in [9.17, 15) is 4.21 Å². The van der Waals surface area contributed by atoms with E-state index in [1.54, 1.807) is 13.4 Å². The van der Waals surface area contributed by atoms with E-state index in [-0.39, 0.29) is 0 Å². The molecular weight excluding hydrogens is 362 g/mol. The molecule has 3 aromatic rings. The number of methoxy groups -OCH3 is 1. The van der Waals surface area contributed by atoms with E-state index in [0.29, 0.717) is 10.9 Å². The van der Waals surface area contributed by atoms with Crippen LogP contribution >= 0.6 is 0 Å². The molecule has 27 heavy (non-hydrogen) atoms. The molecule has 142 valence electrons. The molecule has 1 N–H and O–H groups in total. The van der Waals surface area contributed by atoms with Crippen molar-refractivity contribution >= 4 is 27.7 Å². The largest absolute Gasteiger partial charge is 0.497 e. The minimum atomic E-state index is -1.32. The zero-order valence-electron chi connectivity index (χ0n) is 15.6. The van der Waals surface area contributed by atoms with Gasteiger partial charge in [-0.3, -0.25) is 4.21 Å². The van der Waals surface area contributed by atoms with Crippen molar-refractivity contribution in [1.82, 2.24) is 19.9 Å². The van der Waals surface area contributed by atoms with Gasteiger partial charge in [0.1, 0.15) is 17.9 Å². The number of fused-ring (bicyclic) bond motifs is 1. The first kappa shape index (κ1) is 17.9. The highest BCUT2D eigenvalue weighted by Gasteiger charge is 2.19. The number of nitrogens with one attached hydrogen (secondary N) is 1. The van der Waals surface area contributed by atoms with Crippen molar-refractivity contribution in [3.8, 4) is 5.75 Å². The number of imidazole rings is 1. The van der Waals surface area contributed by atoms with Gasteiger partial charge in [-0.05, 0) is 38.3 Å². The number of nitrogens with zero attached hydrogens (tertiary/aromatic N) is 4. The van der Waals surface area contributed by atoms with Gasteiger partial charge in [0, 0.05) is 24.7 Å². The Bertz CT molecular complexity index is 981. The lowest BCUT2D eigenvalue weighted by Gasteiger charge is -2.29. The number of ether oxygens (including phenoxy) is 1. The number of H-pyrrole nitrogens is 1. The number of hydrogen-bond donors (Lipinski definition) is 1. The smallest absolute Gasteiger partial charge is 0.197 e. The average molecular weight is 385 g/mol. The molecule has 1 fully saturated rings. The van der Waals surface area contributed by atoms with E-state index in [2.05, 4.69) is 24.8 Å². The van der Waals surface area contributed by atoms with E-state index < -0.39 is 10.8 Å². The van der Waals surface area contributed by atoms with E-state index in [4.69, 9.17) is 4.74 Å². The van der Waals surface area contributed by atoms with Gasteiger partial charge in [-0.1, -0.05) is 0 Å². The second-order valence-electron chi connectivity index (χ2n) is 6.73. The predicted molar refractivity (Wildman–Crippen MR) is 106 cm³/mol. The summed E-state index contributed by atoms with van der Waals surface area (Å²) in [6.45, 7) is 4.05. The van der Waals surface area contributed by atoms with Crippen LogP contribution in [0, 0.1) is 6.92 Å². The molecule has 0 radical (unpaired) electrons. The van der Waals surface area contributed by atoms with E-state index in [1.807, 2.05) is 25.1 Å². The van der Waals surface area contributed by atoms with Gasteiger partial charge in [-0.2, -0.15) is 0 Å². The van der Waals surface area contributed by atoms with Crippen LogP contribution in [0.4, 0.5) is 5.82 Å². The average Bonchev–Trinajstić information content (AvgIpc) is 3.13. The molecule has 1 aliphatic heterocycles. The maximum Gasteiger partial charge on any atom is 0.197 e. The Morgan fingerprint density at radius 3 is 2.81 bits per heavy atom. The molecule has 1 saturated heterocycles. The normalized spacial score (nSPS) is 15.9. The molecule has 1 unspecified atom stereocenters. The van der Waals surface area contributed by atoms with Crippen LogP contribution in [0.5, 0.6) is 5.75 Å². The lowest BCUT2D eigenvalue weighted by molar-refractivity contribution is 0.415. The molecule has 1 aromatic carbocycles. The summed E-state index contributed by atoms with van der Waals surface area (Å²) >= 11 is 0. The molecule has 7 nitrogen and oxygen atoms in total. The highest BCUT2D eigenvalue weighted by atomic mass is 32.2. The van der Waals surface area contributed by atoms with Gasteiger partial charge in [0.15, 0.2) is 5.16 Å². The zero-order chi connectivity index (χ0) is 18.8. The molecule has 1 atom stereocenters. The summed E-state index contributed by atoms with van der Waals surface area (Å²) in [4.78, 5) is 18.8. The third-order valence-corrected chi connectivity index (χ3v) is 6.13. The molecule has 0 aliphatic carbocycles. The summed E-state index contributed by atoms with van der Waals surface area (Å²) in [6.07, 6.45) is 5.22. The van der Waals surface area contributed by atoms with E-state index in [1.165, 1.54) is 19.3 Å². The van der Waals surface area contributed by atoms with Gasteiger partial charge in [0.25, 0.3) is 0 Å². The molecule has 0 spiro atoms. The summed E-state index contributed by atoms with van der Waals surface area (Å²) < 4.78 is 18.1. The van der Waals surface area contributed by atoms with Crippen molar-refractivity contribution in [2.75, 3.05) is 25.1 Å². The summed E-state index contributed by atoms with van der Waals surface area (Å²) in [7, 11) is 0.304. The summed E-state index contributed by atoms with van der Waals surface area (Å²) in [5, 5.41) is 0.454. The molecule has 2 aromatic heterocycles. The second kappa shape index (κ2) is 7.64. The van der Waals surface area contributed by atoms with E-state index in [0.717, 1.165) is 46.9 Å². The molecule has 0 bridgehead atoms. The topological polar surface area (TPSA) is 84.0 Å². The minimum Gasteiger partial charge on any atom is -0.497 e. The highest BCUT2D eigenvalue weighted by molar-refractivity contribution is 7.84. The Morgan fingerprint density at radius 1 is 1.22 bits per heavy atom. The highest BCUT2D eigenvalue weighted by Crippen LogP contribution is 2.25. The number of aromatic nitrogens is 4. The van der Waals surface area contributed by atoms with Crippen LogP contribution in [0.2, 0.25) is 0 Å². The first-order valence-electron chi connectivity index (χ1n) is 9.13. The van der Waals surface area contributed by atoms with Crippen molar-refractivity contribution in [3.05, 3.63) is 35.8 Å². The van der Waals surface area contributed by atoms with Crippen LogP contribution in [0.15, 0.2) is 29.7 Å². The van der Waals surface area contributed by atoms with Crippen molar-refractivity contribution in [2.45, 2.75) is 37.1 Å². The van der Waals surface area contributed by atoms with Gasteiger partial charge < -0.3 is 14.6 Å². The van der Waals surface area contributed by atoms with Gasteiger partial charge in [0.05, 0.1) is 40.4 Å². The number of anilines is 1. The Labute approximate surface area is 160 Å². The first-order chi connectivity index (χ1) is 13.2. The Morgan fingerprint density at radius 2 is 2.04 bits per heavy atom. The maximum absolute atomic E-state index is 12.9. The summed E-state index contributed by atoms with van der Waals surface area (Å²) in [6, 6.07) is 5.55. The van der Waals surface area contributed by atoms with Gasteiger partial charge >= 0.3 is 0 Å². The monoisotopic (exact) mass is 385 g/mol. The second-order valence-corrected chi connectivity index (χ2v) is 8.10. The SMILES string of the molecule is COc1ccc2nc(S(=O)Cc3ncnc(N4CCCCC4)c3C)[nH]c2c1. The minimum absolute atomic E-state index is 0.312. The molecule has 0 saturated carbocycles. The third-order valence-electron chi connectivity index (χ3n) is 4.97. The molecule has 8 heteroatoms. The number of piperidine rings is 1. The molecule has 1 aliphatic rings. The lowest BCUT2D eigenvalue weighted by atomic mass is 10.1.